The Balaban J connectivity index is 1.88. The van der Waals surface area contributed by atoms with Gasteiger partial charge in [0.25, 0.3) is 5.91 Å². The zero-order valence-electron chi connectivity index (χ0n) is 14.0. The van der Waals surface area contributed by atoms with Gasteiger partial charge in [0.15, 0.2) is 0 Å². The highest BCUT2D eigenvalue weighted by Crippen LogP contribution is 2.41. The summed E-state index contributed by atoms with van der Waals surface area (Å²) >= 11 is 0. The van der Waals surface area contributed by atoms with Crippen molar-refractivity contribution in [3.05, 3.63) is 77.9 Å². The predicted octanol–water partition coefficient (Wildman–Crippen LogP) is 4.21. The maximum atomic E-state index is 13.1. The van der Waals surface area contributed by atoms with Gasteiger partial charge in [0.2, 0.25) is 0 Å². The molecule has 0 unspecified atom stereocenters. The molecule has 0 atom stereocenters. The number of benzene rings is 3. The minimum absolute atomic E-state index is 0.0696. The highest BCUT2D eigenvalue weighted by molar-refractivity contribution is 6.56. The summed E-state index contributed by atoms with van der Waals surface area (Å²) in [4.78, 5) is 19.1. The molecule has 1 aliphatic heterocycles. The lowest BCUT2D eigenvalue weighted by Gasteiger charge is -2.18. The number of para-hydroxylation sites is 1. The molecule has 0 bridgehead atoms. The Labute approximate surface area is 150 Å². The van der Waals surface area contributed by atoms with Gasteiger partial charge in [-0.2, -0.15) is 0 Å². The van der Waals surface area contributed by atoms with Crippen molar-refractivity contribution in [1.29, 1.82) is 0 Å². The van der Waals surface area contributed by atoms with Crippen molar-refractivity contribution in [2.45, 2.75) is 6.92 Å². The number of hydrogen-bond donors (Lipinski definition) is 2. The van der Waals surface area contributed by atoms with Crippen molar-refractivity contribution in [1.82, 2.24) is 0 Å². The maximum Gasteiger partial charge on any atom is 0.282 e. The summed E-state index contributed by atoms with van der Waals surface area (Å²) < 4.78 is 0. The predicted molar refractivity (Wildman–Crippen MR) is 101 cm³/mol. The normalized spacial score (nSPS) is 14.7. The SMILES string of the molecule is Cc1cccc(N=C2C(=O)N(c3ccc(O)cc3O)c3ccccc32)c1. The fraction of sp³-hybridized carbons (Fsp3) is 0.0476. The largest absolute Gasteiger partial charge is 0.508 e. The van der Waals surface area contributed by atoms with Gasteiger partial charge in [-0.3, -0.25) is 9.69 Å². The number of aromatic hydroxyl groups is 2. The van der Waals surface area contributed by atoms with Crippen LogP contribution in [0.2, 0.25) is 0 Å². The average Bonchev–Trinajstić information content (AvgIpc) is 2.88. The van der Waals surface area contributed by atoms with E-state index in [0.29, 0.717) is 28.3 Å². The fourth-order valence-electron chi connectivity index (χ4n) is 3.07. The Morgan fingerprint density at radius 1 is 0.885 bits per heavy atom. The van der Waals surface area contributed by atoms with Crippen molar-refractivity contribution in [2.24, 2.45) is 4.99 Å². The number of nitrogens with zero attached hydrogens (tertiary/aromatic N) is 2. The number of amides is 1. The van der Waals surface area contributed by atoms with E-state index >= 15 is 0 Å². The average molecular weight is 344 g/mol. The van der Waals surface area contributed by atoms with Crippen molar-refractivity contribution in [2.75, 3.05) is 4.90 Å². The van der Waals surface area contributed by atoms with Gasteiger partial charge in [-0.15, -0.1) is 0 Å². The second-order valence-electron chi connectivity index (χ2n) is 6.13. The molecule has 0 radical (unpaired) electrons. The molecule has 0 fully saturated rings. The van der Waals surface area contributed by atoms with Gasteiger partial charge in [-0.1, -0.05) is 30.3 Å². The Hall–Kier alpha value is -3.60. The Morgan fingerprint density at radius 2 is 1.69 bits per heavy atom. The van der Waals surface area contributed by atoms with Gasteiger partial charge >= 0.3 is 0 Å². The second-order valence-corrected chi connectivity index (χ2v) is 6.13. The molecular weight excluding hydrogens is 328 g/mol. The number of phenolic OH excluding ortho intramolecular Hbond substituents is 2. The number of carbonyl (C=O) groups excluding carboxylic acids is 1. The molecular formula is C21H16N2O3. The van der Waals surface area contributed by atoms with Crippen LogP contribution < -0.4 is 4.90 Å². The Kier molecular flexibility index (Phi) is 3.69. The third-order valence-corrected chi connectivity index (χ3v) is 4.25. The minimum Gasteiger partial charge on any atom is -0.508 e. The molecule has 2 N–H and O–H groups in total. The molecule has 5 nitrogen and oxygen atoms in total. The molecule has 0 saturated heterocycles. The summed E-state index contributed by atoms with van der Waals surface area (Å²) in [5, 5.41) is 19.7. The van der Waals surface area contributed by atoms with Crippen LogP contribution in [-0.2, 0) is 4.79 Å². The first-order valence-electron chi connectivity index (χ1n) is 8.16. The van der Waals surface area contributed by atoms with Crippen LogP contribution in [0.5, 0.6) is 11.5 Å². The number of aliphatic imine (C=N–C) groups is 1. The quantitative estimate of drug-likeness (QED) is 0.731. The van der Waals surface area contributed by atoms with Crippen LogP contribution in [0.15, 0.2) is 71.7 Å². The zero-order valence-corrected chi connectivity index (χ0v) is 14.0. The summed E-state index contributed by atoms with van der Waals surface area (Å²) in [5.41, 5.74) is 3.71. The Bertz CT molecular complexity index is 1060. The van der Waals surface area contributed by atoms with Gasteiger partial charge in [0.1, 0.15) is 17.2 Å². The standard InChI is InChI=1S/C21H16N2O3/c1-13-5-4-6-14(11-13)22-20-16-7-2-3-8-17(16)23(21(20)26)18-10-9-15(24)12-19(18)25/h2-12,24-25H,1H3. The van der Waals surface area contributed by atoms with Crippen LogP contribution in [-0.4, -0.2) is 21.8 Å². The smallest absolute Gasteiger partial charge is 0.282 e. The van der Waals surface area contributed by atoms with E-state index in [0.717, 1.165) is 5.56 Å². The van der Waals surface area contributed by atoms with Crippen LogP contribution in [0, 0.1) is 6.92 Å². The molecule has 0 aromatic heterocycles. The maximum absolute atomic E-state index is 13.1. The number of carbonyl (C=O) groups is 1. The highest BCUT2D eigenvalue weighted by atomic mass is 16.3. The van der Waals surface area contributed by atoms with Gasteiger partial charge in [-0.25, -0.2) is 4.99 Å². The summed E-state index contributed by atoms with van der Waals surface area (Å²) in [5.74, 6) is -0.571. The third kappa shape index (κ3) is 2.59. The summed E-state index contributed by atoms with van der Waals surface area (Å²) in [6.45, 7) is 1.97. The summed E-state index contributed by atoms with van der Waals surface area (Å²) in [6, 6.07) is 19.1. The lowest BCUT2D eigenvalue weighted by atomic mass is 10.1. The van der Waals surface area contributed by atoms with Crippen LogP contribution >= 0.6 is 0 Å². The molecule has 0 spiro atoms. The van der Waals surface area contributed by atoms with E-state index in [-0.39, 0.29) is 17.4 Å². The van der Waals surface area contributed by atoms with Gasteiger partial charge < -0.3 is 10.2 Å². The monoisotopic (exact) mass is 344 g/mol. The number of aryl methyl sites for hydroxylation is 1. The van der Waals surface area contributed by atoms with E-state index in [4.69, 9.17) is 0 Å². The molecule has 26 heavy (non-hydrogen) atoms. The molecule has 128 valence electrons. The van der Waals surface area contributed by atoms with Crippen LogP contribution in [0.4, 0.5) is 17.1 Å². The minimum atomic E-state index is -0.325. The first-order valence-corrected chi connectivity index (χ1v) is 8.16. The van der Waals surface area contributed by atoms with Gasteiger partial charge in [0, 0.05) is 11.6 Å². The van der Waals surface area contributed by atoms with E-state index in [1.54, 1.807) is 6.07 Å². The molecule has 1 heterocycles. The first kappa shape index (κ1) is 15.9. The lowest BCUT2D eigenvalue weighted by molar-refractivity contribution is -0.111. The van der Waals surface area contributed by atoms with E-state index in [1.807, 2.05) is 49.4 Å². The van der Waals surface area contributed by atoms with Crippen molar-refractivity contribution in [3.8, 4) is 11.5 Å². The summed E-state index contributed by atoms with van der Waals surface area (Å²) in [7, 11) is 0. The van der Waals surface area contributed by atoms with Crippen molar-refractivity contribution < 1.29 is 15.0 Å². The third-order valence-electron chi connectivity index (χ3n) is 4.25. The number of phenols is 2. The van der Waals surface area contributed by atoms with Gasteiger partial charge in [0.05, 0.1) is 17.1 Å². The topological polar surface area (TPSA) is 73.1 Å². The molecule has 0 aliphatic carbocycles. The lowest BCUT2D eigenvalue weighted by Crippen LogP contribution is -2.25. The van der Waals surface area contributed by atoms with E-state index < -0.39 is 0 Å². The van der Waals surface area contributed by atoms with Gasteiger partial charge in [-0.05, 0) is 42.8 Å². The molecule has 0 saturated carbocycles. The highest BCUT2D eigenvalue weighted by Gasteiger charge is 2.36. The second kappa shape index (κ2) is 6.04. The molecule has 4 rings (SSSR count). The van der Waals surface area contributed by atoms with Crippen LogP contribution in [0.1, 0.15) is 11.1 Å². The molecule has 1 amide bonds. The zero-order chi connectivity index (χ0) is 18.3. The van der Waals surface area contributed by atoms with Crippen molar-refractivity contribution in [3.63, 3.8) is 0 Å². The van der Waals surface area contributed by atoms with Crippen LogP contribution in [0.25, 0.3) is 0 Å². The van der Waals surface area contributed by atoms with Crippen LogP contribution in [0.3, 0.4) is 0 Å². The van der Waals surface area contributed by atoms with Crippen molar-refractivity contribution >= 4 is 28.7 Å². The number of fused-ring (bicyclic) bond motifs is 1. The number of hydrogen-bond acceptors (Lipinski definition) is 4. The summed E-state index contributed by atoms with van der Waals surface area (Å²) in [6.07, 6.45) is 0. The molecule has 3 aromatic rings. The number of anilines is 2. The van der Waals surface area contributed by atoms with E-state index in [1.165, 1.54) is 23.1 Å². The Morgan fingerprint density at radius 3 is 2.46 bits per heavy atom. The molecule has 1 aliphatic rings. The first-order chi connectivity index (χ1) is 12.5. The fourth-order valence-corrected chi connectivity index (χ4v) is 3.07. The molecule has 5 heteroatoms. The van der Waals surface area contributed by atoms with E-state index in [9.17, 15) is 15.0 Å². The number of rotatable bonds is 2. The molecule has 3 aromatic carbocycles. The van der Waals surface area contributed by atoms with E-state index in [2.05, 4.69) is 4.99 Å².